The molecule has 0 aliphatic carbocycles. The maximum Gasteiger partial charge on any atom is 0.303 e. The number of aryl methyl sites for hydroxylation is 1. The van der Waals surface area contributed by atoms with Gasteiger partial charge in [0.1, 0.15) is 0 Å². The first-order chi connectivity index (χ1) is 9.06. The van der Waals surface area contributed by atoms with Gasteiger partial charge >= 0.3 is 5.97 Å². The molecule has 4 heteroatoms. The van der Waals surface area contributed by atoms with Crippen LogP contribution in [-0.4, -0.2) is 29.1 Å². The van der Waals surface area contributed by atoms with Gasteiger partial charge in [0.25, 0.3) is 0 Å². The largest absolute Gasteiger partial charge is 0.481 e. The predicted molar refractivity (Wildman–Crippen MR) is 75.3 cm³/mol. The molecule has 104 valence electrons. The van der Waals surface area contributed by atoms with E-state index in [4.69, 9.17) is 5.11 Å². The van der Waals surface area contributed by atoms with Crippen LogP contribution in [0.25, 0.3) is 0 Å². The average molecular weight is 262 g/mol. The maximum absolute atomic E-state index is 10.8. The van der Waals surface area contributed by atoms with Gasteiger partial charge in [-0.3, -0.25) is 9.78 Å². The molecule has 1 N–H and O–H groups in total. The molecule has 0 spiro atoms. The molecule has 19 heavy (non-hydrogen) atoms. The molecule has 1 saturated heterocycles. The lowest BCUT2D eigenvalue weighted by Gasteiger charge is -2.37. The minimum Gasteiger partial charge on any atom is -0.481 e. The number of aliphatic carboxylic acids is 1. The quantitative estimate of drug-likeness (QED) is 0.906. The minimum atomic E-state index is -0.690. The zero-order valence-electron chi connectivity index (χ0n) is 11.7. The molecule has 1 aromatic heterocycles. The Morgan fingerprint density at radius 3 is 3.11 bits per heavy atom. The first-order valence-corrected chi connectivity index (χ1v) is 6.95. The van der Waals surface area contributed by atoms with Crippen LogP contribution in [0, 0.1) is 18.8 Å². The van der Waals surface area contributed by atoms with Crippen LogP contribution >= 0.6 is 0 Å². The Hall–Kier alpha value is -1.58. The second-order valence-electron chi connectivity index (χ2n) is 5.58. The first kappa shape index (κ1) is 13.8. The monoisotopic (exact) mass is 262 g/mol. The van der Waals surface area contributed by atoms with E-state index in [1.165, 1.54) is 5.69 Å². The Morgan fingerprint density at radius 1 is 1.63 bits per heavy atom. The van der Waals surface area contributed by atoms with Gasteiger partial charge < -0.3 is 10.0 Å². The molecule has 0 amide bonds. The third kappa shape index (κ3) is 3.69. The van der Waals surface area contributed by atoms with E-state index >= 15 is 0 Å². The van der Waals surface area contributed by atoms with E-state index in [9.17, 15) is 4.79 Å². The van der Waals surface area contributed by atoms with E-state index < -0.39 is 5.97 Å². The van der Waals surface area contributed by atoms with Crippen molar-refractivity contribution in [1.82, 2.24) is 4.98 Å². The number of hydrogen-bond acceptors (Lipinski definition) is 3. The molecule has 1 aliphatic heterocycles. The third-order valence-electron chi connectivity index (χ3n) is 4.00. The fraction of sp³-hybridized carbons (Fsp3) is 0.600. The summed E-state index contributed by atoms with van der Waals surface area (Å²) in [6.07, 6.45) is 4.38. The van der Waals surface area contributed by atoms with Crippen LogP contribution in [-0.2, 0) is 4.79 Å². The van der Waals surface area contributed by atoms with Gasteiger partial charge in [-0.15, -0.1) is 0 Å². The van der Waals surface area contributed by atoms with E-state index in [1.807, 2.05) is 19.2 Å². The van der Waals surface area contributed by atoms with Gasteiger partial charge in [-0.2, -0.15) is 0 Å². The third-order valence-corrected chi connectivity index (χ3v) is 4.00. The van der Waals surface area contributed by atoms with Crippen molar-refractivity contribution in [3.63, 3.8) is 0 Å². The number of rotatable bonds is 4. The summed E-state index contributed by atoms with van der Waals surface area (Å²) in [5.74, 6) is 0.0194. The average Bonchev–Trinajstić information content (AvgIpc) is 2.38. The Balaban J connectivity index is 2.02. The summed E-state index contributed by atoms with van der Waals surface area (Å²) in [6.45, 7) is 6.07. The topological polar surface area (TPSA) is 53.4 Å². The van der Waals surface area contributed by atoms with Crippen molar-refractivity contribution in [2.75, 3.05) is 18.0 Å². The maximum atomic E-state index is 10.8. The van der Waals surface area contributed by atoms with Gasteiger partial charge in [-0.05, 0) is 43.7 Å². The number of carboxylic acid groups (broad SMARTS) is 1. The van der Waals surface area contributed by atoms with Crippen molar-refractivity contribution >= 4 is 11.7 Å². The molecular formula is C15H22N2O2. The lowest BCUT2D eigenvalue weighted by atomic mass is 9.84. The number of nitrogens with zero attached hydrogens (tertiary/aromatic N) is 2. The number of hydrogen-bond donors (Lipinski definition) is 1. The highest BCUT2D eigenvalue weighted by atomic mass is 16.4. The van der Waals surface area contributed by atoms with Crippen LogP contribution in [0.15, 0.2) is 18.3 Å². The van der Waals surface area contributed by atoms with Crippen LogP contribution in [0.3, 0.4) is 0 Å². The Bertz CT molecular complexity index is 448. The van der Waals surface area contributed by atoms with Crippen molar-refractivity contribution in [3.05, 3.63) is 24.0 Å². The van der Waals surface area contributed by atoms with Gasteiger partial charge in [0.15, 0.2) is 0 Å². The summed E-state index contributed by atoms with van der Waals surface area (Å²) >= 11 is 0. The van der Waals surface area contributed by atoms with Gasteiger partial charge in [0.05, 0.1) is 0 Å². The molecule has 2 unspecified atom stereocenters. The predicted octanol–water partition coefficient (Wildman–Crippen LogP) is 2.72. The van der Waals surface area contributed by atoms with Crippen molar-refractivity contribution < 1.29 is 9.90 Å². The minimum absolute atomic E-state index is 0.239. The zero-order valence-corrected chi connectivity index (χ0v) is 11.7. The van der Waals surface area contributed by atoms with Crippen LogP contribution in [0.4, 0.5) is 5.69 Å². The standard InChI is InChI=1S/C15H22N2O2/c1-11(8-15(18)19)13-4-3-7-17(10-13)14-5-6-16-12(2)9-14/h5-6,9,11,13H,3-4,7-8,10H2,1-2H3,(H,18,19). The number of piperidine rings is 1. The smallest absolute Gasteiger partial charge is 0.303 e. The van der Waals surface area contributed by atoms with E-state index in [0.717, 1.165) is 31.6 Å². The van der Waals surface area contributed by atoms with E-state index in [-0.39, 0.29) is 12.3 Å². The molecule has 0 radical (unpaired) electrons. The van der Waals surface area contributed by atoms with Crippen molar-refractivity contribution in [2.24, 2.45) is 11.8 Å². The highest BCUT2D eigenvalue weighted by molar-refractivity contribution is 5.67. The van der Waals surface area contributed by atoms with Crippen LogP contribution in [0.2, 0.25) is 0 Å². The van der Waals surface area contributed by atoms with E-state index in [0.29, 0.717) is 5.92 Å². The molecule has 0 saturated carbocycles. The summed E-state index contributed by atoms with van der Waals surface area (Å²) < 4.78 is 0. The van der Waals surface area contributed by atoms with E-state index in [2.05, 4.69) is 22.9 Å². The number of carbonyl (C=O) groups is 1. The fourth-order valence-electron chi connectivity index (χ4n) is 2.88. The summed E-state index contributed by atoms with van der Waals surface area (Å²) in [6, 6.07) is 4.14. The molecule has 1 aromatic rings. The van der Waals surface area contributed by atoms with Gasteiger partial charge in [0.2, 0.25) is 0 Å². The van der Waals surface area contributed by atoms with Crippen molar-refractivity contribution in [2.45, 2.75) is 33.1 Å². The lowest BCUT2D eigenvalue weighted by Crippen LogP contribution is -2.38. The fourth-order valence-corrected chi connectivity index (χ4v) is 2.88. The molecule has 2 heterocycles. The highest BCUT2D eigenvalue weighted by Crippen LogP contribution is 2.29. The molecule has 0 aromatic carbocycles. The summed E-state index contributed by atoms with van der Waals surface area (Å²) in [5.41, 5.74) is 2.23. The van der Waals surface area contributed by atoms with Crippen molar-refractivity contribution in [3.8, 4) is 0 Å². The van der Waals surface area contributed by atoms with Gasteiger partial charge in [-0.25, -0.2) is 0 Å². The normalized spacial score (nSPS) is 21.2. The molecule has 2 atom stereocenters. The van der Waals surface area contributed by atoms with Crippen LogP contribution in [0.5, 0.6) is 0 Å². The second-order valence-corrected chi connectivity index (χ2v) is 5.58. The van der Waals surface area contributed by atoms with Crippen LogP contribution < -0.4 is 4.90 Å². The molecule has 2 rings (SSSR count). The molecule has 1 fully saturated rings. The first-order valence-electron chi connectivity index (χ1n) is 6.95. The van der Waals surface area contributed by atoms with Crippen molar-refractivity contribution in [1.29, 1.82) is 0 Å². The molecule has 4 nitrogen and oxygen atoms in total. The number of anilines is 1. The summed E-state index contributed by atoms with van der Waals surface area (Å²) in [4.78, 5) is 17.4. The Labute approximate surface area is 114 Å². The zero-order chi connectivity index (χ0) is 13.8. The molecule has 1 aliphatic rings. The highest BCUT2D eigenvalue weighted by Gasteiger charge is 2.26. The van der Waals surface area contributed by atoms with Gasteiger partial charge in [-0.1, -0.05) is 6.92 Å². The number of aromatic nitrogens is 1. The summed E-state index contributed by atoms with van der Waals surface area (Å²) in [5, 5.41) is 8.91. The Morgan fingerprint density at radius 2 is 2.42 bits per heavy atom. The molecular weight excluding hydrogens is 240 g/mol. The van der Waals surface area contributed by atoms with E-state index in [1.54, 1.807) is 0 Å². The Kier molecular flexibility index (Phi) is 4.40. The van der Waals surface area contributed by atoms with Crippen LogP contribution in [0.1, 0.15) is 31.9 Å². The SMILES string of the molecule is Cc1cc(N2CCCC(C(C)CC(=O)O)C2)ccn1. The lowest BCUT2D eigenvalue weighted by molar-refractivity contribution is -0.138. The summed E-state index contributed by atoms with van der Waals surface area (Å²) in [7, 11) is 0. The number of pyridine rings is 1. The second kappa shape index (κ2) is 6.04. The molecule has 0 bridgehead atoms. The van der Waals surface area contributed by atoms with Gasteiger partial charge in [0, 0.05) is 37.1 Å². The number of carboxylic acids is 1.